The van der Waals surface area contributed by atoms with Gasteiger partial charge in [0, 0.05) is 0 Å². The van der Waals surface area contributed by atoms with Crippen LogP contribution in [0.2, 0.25) is 0 Å². The molecule has 6 heavy (non-hydrogen) atoms. The zero-order chi connectivity index (χ0) is 4.83. The number of rotatable bonds is 3. The lowest BCUT2D eigenvalue weighted by atomic mass is 10.4. The number of unbranched alkanes of at least 4 members (excludes halogenated alkanes) is 1. The van der Waals surface area contributed by atoms with Crippen LogP contribution in [0.15, 0.2) is 0 Å². The average molecular weight is 89.1 g/mol. The largest absolute Gasteiger partial charge is 0.251 e. The van der Waals surface area contributed by atoms with Gasteiger partial charge >= 0.3 is 0 Å². The molecular formula is C4H9O2. The van der Waals surface area contributed by atoms with Crippen LogP contribution in [0.5, 0.6) is 0 Å². The zero-order valence-corrected chi connectivity index (χ0v) is 3.85. The molecule has 0 aliphatic heterocycles. The van der Waals surface area contributed by atoms with Crippen LogP contribution in [0.25, 0.3) is 0 Å². The molecule has 2 heteroatoms. The summed E-state index contributed by atoms with van der Waals surface area (Å²) >= 11 is 0. The Kier molecular flexibility index (Phi) is 4.85. The summed E-state index contributed by atoms with van der Waals surface area (Å²) in [5.41, 5.74) is 0. The molecule has 0 heterocycles. The third-order valence-electron chi connectivity index (χ3n) is 0.481. The van der Waals surface area contributed by atoms with Crippen molar-refractivity contribution in [2.75, 3.05) is 0 Å². The van der Waals surface area contributed by atoms with E-state index in [2.05, 4.69) is 4.89 Å². The van der Waals surface area contributed by atoms with Crippen LogP contribution in [-0.4, -0.2) is 5.26 Å². The molecule has 1 radical (unpaired) electrons. The fraction of sp³-hybridized carbons (Fsp3) is 0.750. The van der Waals surface area contributed by atoms with E-state index in [1.165, 1.54) is 6.61 Å². The molecule has 0 spiro atoms. The minimum atomic E-state index is 0.816. The molecule has 0 aromatic rings. The number of hydrogen-bond acceptors (Lipinski definition) is 2. The Bertz CT molecular complexity index is 17.5. The second kappa shape index (κ2) is 4.92. The zero-order valence-electron chi connectivity index (χ0n) is 3.85. The van der Waals surface area contributed by atoms with E-state index in [1.807, 2.05) is 6.92 Å². The van der Waals surface area contributed by atoms with Gasteiger partial charge in [0.15, 0.2) is 0 Å². The van der Waals surface area contributed by atoms with Crippen molar-refractivity contribution in [1.82, 2.24) is 0 Å². The first-order chi connectivity index (χ1) is 2.91. The van der Waals surface area contributed by atoms with Crippen LogP contribution in [0, 0.1) is 6.61 Å². The SMILES string of the molecule is CCC[CH]OO. The predicted molar refractivity (Wildman–Crippen MR) is 22.9 cm³/mol. The first-order valence-corrected chi connectivity index (χ1v) is 2.03. The summed E-state index contributed by atoms with van der Waals surface area (Å²) < 4.78 is 0. The van der Waals surface area contributed by atoms with Crippen molar-refractivity contribution in [3.8, 4) is 0 Å². The molecule has 0 saturated heterocycles. The second-order valence-corrected chi connectivity index (χ2v) is 1.06. The third-order valence-corrected chi connectivity index (χ3v) is 0.481. The fourth-order valence-corrected chi connectivity index (χ4v) is 0.171. The molecule has 0 aliphatic rings. The lowest BCUT2D eigenvalue weighted by molar-refractivity contribution is -0.212. The maximum atomic E-state index is 7.64. The lowest BCUT2D eigenvalue weighted by Crippen LogP contribution is -1.76. The van der Waals surface area contributed by atoms with Crippen molar-refractivity contribution < 1.29 is 10.1 Å². The molecule has 0 unspecified atom stereocenters. The summed E-state index contributed by atoms with van der Waals surface area (Å²) in [6, 6.07) is 0. The lowest BCUT2D eigenvalue weighted by Gasteiger charge is -1.85. The Hall–Kier alpha value is -0.0800. The molecule has 0 bridgehead atoms. The van der Waals surface area contributed by atoms with Gasteiger partial charge in [0.05, 0.1) is 0 Å². The normalized spacial score (nSPS) is 9.00. The Balaban J connectivity index is 2.34. The van der Waals surface area contributed by atoms with E-state index in [0.29, 0.717) is 0 Å². The first-order valence-electron chi connectivity index (χ1n) is 2.03. The van der Waals surface area contributed by atoms with Crippen LogP contribution in [-0.2, 0) is 4.89 Å². The van der Waals surface area contributed by atoms with Crippen molar-refractivity contribution in [1.29, 1.82) is 0 Å². The molecule has 2 nitrogen and oxygen atoms in total. The van der Waals surface area contributed by atoms with Gasteiger partial charge in [0.2, 0.25) is 0 Å². The van der Waals surface area contributed by atoms with Crippen molar-refractivity contribution in [3.05, 3.63) is 6.61 Å². The first kappa shape index (κ1) is 5.92. The molecule has 0 amide bonds. The van der Waals surface area contributed by atoms with E-state index >= 15 is 0 Å². The van der Waals surface area contributed by atoms with Crippen molar-refractivity contribution in [2.24, 2.45) is 0 Å². The highest BCUT2D eigenvalue weighted by Crippen LogP contribution is 1.89. The summed E-state index contributed by atoms with van der Waals surface area (Å²) in [7, 11) is 0. The molecule has 1 N–H and O–H groups in total. The Morgan fingerprint density at radius 3 is 2.67 bits per heavy atom. The summed E-state index contributed by atoms with van der Waals surface area (Å²) in [5.74, 6) is 0. The monoisotopic (exact) mass is 89.1 g/mol. The highest BCUT2D eigenvalue weighted by Gasteiger charge is 1.77. The number of hydrogen-bond donors (Lipinski definition) is 1. The van der Waals surface area contributed by atoms with Gasteiger partial charge in [0.25, 0.3) is 0 Å². The van der Waals surface area contributed by atoms with E-state index in [0.717, 1.165) is 12.8 Å². The molecule has 0 aliphatic carbocycles. The van der Waals surface area contributed by atoms with Gasteiger partial charge in [0.1, 0.15) is 6.61 Å². The van der Waals surface area contributed by atoms with E-state index in [9.17, 15) is 0 Å². The van der Waals surface area contributed by atoms with Gasteiger partial charge in [-0.05, 0) is 6.42 Å². The van der Waals surface area contributed by atoms with E-state index in [4.69, 9.17) is 5.26 Å². The maximum absolute atomic E-state index is 7.64. The third kappa shape index (κ3) is 3.92. The predicted octanol–water partition coefficient (Wildman–Crippen LogP) is 1.44. The van der Waals surface area contributed by atoms with Crippen LogP contribution < -0.4 is 0 Å². The molecule has 0 fully saturated rings. The summed E-state index contributed by atoms with van der Waals surface area (Å²) in [5, 5.41) is 7.64. The van der Waals surface area contributed by atoms with Crippen molar-refractivity contribution >= 4 is 0 Å². The molecule has 0 saturated carbocycles. The molecular weight excluding hydrogens is 80.0 g/mol. The summed E-state index contributed by atoms with van der Waals surface area (Å²) in [6.45, 7) is 3.37. The van der Waals surface area contributed by atoms with E-state index in [1.54, 1.807) is 0 Å². The smallest absolute Gasteiger partial charge is 0.122 e. The van der Waals surface area contributed by atoms with Crippen molar-refractivity contribution in [3.63, 3.8) is 0 Å². The molecule has 0 rings (SSSR count). The van der Waals surface area contributed by atoms with Crippen LogP contribution >= 0.6 is 0 Å². The van der Waals surface area contributed by atoms with Crippen LogP contribution in [0.4, 0.5) is 0 Å². The minimum absolute atomic E-state index is 0.816. The molecule has 0 aromatic heterocycles. The van der Waals surface area contributed by atoms with E-state index < -0.39 is 0 Å². The summed E-state index contributed by atoms with van der Waals surface area (Å²) in [4.78, 5) is 3.66. The van der Waals surface area contributed by atoms with Gasteiger partial charge in [-0.3, -0.25) is 5.26 Å². The average Bonchev–Trinajstić information content (AvgIpc) is 1.61. The fourth-order valence-electron chi connectivity index (χ4n) is 0.171. The Morgan fingerprint density at radius 1 is 1.83 bits per heavy atom. The quantitative estimate of drug-likeness (QED) is 0.322. The topological polar surface area (TPSA) is 29.5 Å². The Labute approximate surface area is 37.7 Å². The van der Waals surface area contributed by atoms with Gasteiger partial charge < -0.3 is 0 Å². The highest BCUT2D eigenvalue weighted by atomic mass is 17.1. The van der Waals surface area contributed by atoms with Gasteiger partial charge in [-0.25, -0.2) is 4.89 Å². The molecule has 37 valence electrons. The van der Waals surface area contributed by atoms with E-state index in [-0.39, 0.29) is 0 Å². The molecule has 0 aromatic carbocycles. The second-order valence-electron chi connectivity index (χ2n) is 1.06. The van der Waals surface area contributed by atoms with Gasteiger partial charge in [-0.15, -0.1) is 0 Å². The summed E-state index contributed by atoms with van der Waals surface area (Å²) in [6.07, 6.45) is 1.83. The van der Waals surface area contributed by atoms with Crippen LogP contribution in [0.1, 0.15) is 19.8 Å². The van der Waals surface area contributed by atoms with Crippen LogP contribution in [0.3, 0.4) is 0 Å². The maximum Gasteiger partial charge on any atom is 0.122 e. The minimum Gasteiger partial charge on any atom is -0.251 e. The molecule has 0 atom stereocenters. The van der Waals surface area contributed by atoms with Gasteiger partial charge in [-0.1, -0.05) is 13.3 Å². The Morgan fingerprint density at radius 2 is 2.50 bits per heavy atom. The highest BCUT2D eigenvalue weighted by molar-refractivity contribution is 4.41. The van der Waals surface area contributed by atoms with Gasteiger partial charge in [-0.2, -0.15) is 0 Å². The standard InChI is InChI=1S/C4H9O2/c1-2-3-4-6-5/h4-5H,2-3H2,1H3. The van der Waals surface area contributed by atoms with Crippen molar-refractivity contribution in [2.45, 2.75) is 19.8 Å².